The molecule has 2 aromatic rings. The number of nitrogens with zero attached hydrogens (tertiary/aromatic N) is 1. The van der Waals surface area contributed by atoms with E-state index in [0.717, 1.165) is 23.1 Å². The molecule has 0 radical (unpaired) electrons. The lowest BCUT2D eigenvalue weighted by Gasteiger charge is -2.16. The largest absolute Gasteiger partial charge is 0.496 e. The molecule has 3 nitrogen and oxygen atoms in total. The maximum absolute atomic E-state index is 5.47. The number of ether oxygens (including phenoxy) is 1. The fraction of sp³-hybridized carbons (Fsp3) is 0.353. The average molecular weight is 302 g/mol. The van der Waals surface area contributed by atoms with E-state index in [1.54, 1.807) is 18.9 Å². The Kier molecular flexibility index (Phi) is 6.08. The van der Waals surface area contributed by atoms with Crippen molar-refractivity contribution in [2.24, 2.45) is 0 Å². The third kappa shape index (κ3) is 4.48. The first-order valence-corrected chi connectivity index (χ1v) is 8.17. The Morgan fingerprint density at radius 1 is 1.29 bits per heavy atom. The highest BCUT2D eigenvalue weighted by Crippen LogP contribution is 2.29. The number of methoxy groups -OCH3 is 1. The average Bonchev–Trinajstić information content (AvgIpc) is 2.54. The van der Waals surface area contributed by atoms with Gasteiger partial charge in [0.25, 0.3) is 0 Å². The molecule has 4 heteroatoms. The molecule has 112 valence electrons. The molecule has 1 unspecified atom stereocenters. The first-order chi connectivity index (χ1) is 10.2. The maximum atomic E-state index is 5.47. The van der Waals surface area contributed by atoms with Gasteiger partial charge in [0.05, 0.1) is 12.1 Å². The molecule has 0 aliphatic rings. The van der Waals surface area contributed by atoms with Gasteiger partial charge in [-0.05, 0) is 43.3 Å². The highest BCUT2D eigenvalue weighted by atomic mass is 32.2. The Bertz CT molecular complexity index is 560. The summed E-state index contributed by atoms with van der Waals surface area (Å²) in [4.78, 5) is 4.35. The van der Waals surface area contributed by atoms with Crippen molar-refractivity contribution in [2.45, 2.75) is 30.7 Å². The summed E-state index contributed by atoms with van der Waals surface area (Å²) in [5.41, 5.74) is 2.49. The molecule has 1 N–H and O–H groups in total. The van der Waals surface area contributed by atoms with Crippen molar-refractivity contribution in [3.05, 3.63) is 53.7 Å². The van der Waals surface area contributed by atoms with Crippen molar-refractivity contribution in [2.75, 3.05) is 13.7 Å². The molecule has 21 heavy (non-hydrogen) atoms. The second-order valence-corrected chi connectivity index (χ2v) is 5.80. The molecule has 1 heterocycles. The number of pyridine rings is 1. The zero-order valence-corrected chi connectivity index (χ0v) is 13.6. The number of thioether (sulfide) groups is 1. The zero-order valence-electron chi connectivity index (χ0n) is 12.8. The van der Waals surface area contributed by atoms with Crippen LogP contribution < -0.4 is 10.1 Å². The van der Waals surface area contributed by atoms with Crippen molar-refractivity contribution in [1.29, 1.82) is 0 Å². The second kappa shape index (κ2) is 8.05. The monoisotopic (exact) mass is 302 g/mol. The van der Waals surface area contributed by atoms with Gasteiger partial charge in [0.1, 0.15) is 5.75 Å². The molecule has 0 spiro atoms. The Hall–Kier alpha value is -1.52. The second-order valence-electron chi connectivity index (χ2n) is 4.81. The van der Waals surface area contributed by atoms with Crippen LogP contribution in [-0.4, -0.2) is 18.6 Å². The number of hydrogen-bond acceptors (Lipinski definition) is 4. The molecule has 2 rings (SSSR count). The molecular formula is C17H22N2OS. The van der Waals surface area contributed by atoms with Gasteiger partial charge in [0, 0.05) is 23.6 Å². The standard InChI is InChI=1S/C17H22N2OS/c1-4-18-13(2)14-8-9-16(20-3)15(11-14)12-21-17-7-5-6-10-19-17/h5-11,13,18H,4,12H2,1-3H3. The molecule has 1 aromatic carbocycles. The lowest BCUT2D eigenvalue weighted by molar-refractivity contribution is 0.411. The smallest absolute Gasteiger partial charge is 0.122 e. The molecule has 0 saturated heterocycles. The highest BCUT2D eigenvalue weighted by Gasteiger charge is 2.09. The normalized spacial score (nSPS) is 12.1. The lowest BCUT2D eigenvalue weighted by Crippen LogP contribution is -2.17. The van der Waals surface area contributed by atoms with Crippen LogP contribution in [0.2, 0.25) is 0 Å². The van der Waals surface area contributed by atoms with Gasteiger partial charge in [-0.2, -0.15) is 0 Å². The topological polar surface area (TPSA) is 34.1 Å². The number of rotatable bonds is 7. The predicted octanol–water partition coefficient (Wildman–Crippen LogP) is 4.05. The summed E-state index contributed by atoms with van der Waals surface area (Å²) in [5.74, 6) is 1.79. The Morgan fingerprint density at radius 2 is 2.14 bits per heavy atom. The molecule has 0 bridgehead atoms. The quantitative estimate of drug-likeness (QED) is 0.782. The summed E-state index contributed by atoms with van der Waals surface area (Å²) in [6.45, 7) is 5.27. The number of hydrogen-bond donors (Lipinski definition) is 1. The van der Waals surface area contributed by atoms with E-state index in [1.165, 1.54) is 11.1 Å². The number of aromatic nitrogens is 1. The van der Waals surface area contributed by atoms with Crippen LogP contribution in [0.4, 0.5) is 0 Å². The molecule has 0 saturated carbocycles. The molecule has 0 amide bonds. The van der Waals surface area contributed by atoms with Crippen molar-refractivity contribution in [3.8, 4) is 5.75 Å². The van der Waals surface area contributed by atoms with E-state index in [0.29, 0.717) is 6.04 Å². The minimum atomic E-state index is 0.347. The summed E-state index contributed by atoms with van der Waals surface area (Å²) in [7, 11) is 1.72. The predicted molar refractivity (Wildman–Crippen MR) is 88.9 cm³/mol. The van der Waals surface area contributed by atoms with Crippen molar-refractivity contribution in [3.63, 3.8) is 0 Å². The first kappa shape index (κ1) is 15.9. The van der Waals surface area contributed by atoms with Crippen LogP contribution in [0.15, 0.2) is 47.6 Å². The fourth-order valence-electron chi connectivity index (χ4n) is 2.19. The summed E-state index contributed by atoms with van der Waals surface area (Å²) in [5, 5.41) is 4.47. The Labute approximate surface area is 131 Å². The van der Waals surface area contributed by atoms with Crippen LogP contribution in [0.1, 0.15) is 31.0 Å². The van der Waals surface area contributed by atoms with Gasteiger partial charge in [-0.1, -0.05) is 19.1 Å². The van der Waals surface area contributed by atoms with E-state index in [4.69, 9.17) is 4.74 Å². The molecule has 1 aromatic heterocycles. The third-order valence-corrected chi connectivity index (χ3v) is 4.32. The number of nitrogens with one attached hydrogen (secondary N) is 1. The van der Waals surface area contributed by atoms with Crippen LogP contribution in [0, 0.1) is 0 Å². The van der Waals surface area contributed by atoms with Crippen LogP contribution in [0.25, 0.3) is 0 Å². The molecular weight excluding hydrogens is 280 g/mol. The van der Waals surface area contributed by atoms with E-state index in [9.17, 15) is 0 Å². The number of benzene rings is 1. The Balaban J connectivity index is 2.14. The van der Waals surface area contributed by atoms with Crippen LogP contribution in [-0.2, 0) is 5.75 Å². The van der Waals surface area contributed by atoms with Gasteiger partial charge in [-0.3, -0.25) is 0 Å². The van der Waals surface area contributed by atoms with Gasteiger partial charge < -0.3 is 10.1 Å². The molecule has 0 aliphatic heterocycles. The van der Waals surface area contributed by atoms with Gasteiger partial charge in [0.15, 0.2) is 0 Å². The van der Waals surface area contributed by atoms with Gasteiger partial charge in [-0.25, -0.2) is 4.98 Å². The lowest BCUT2D eigenvalue weighted by atomic mass is 10.0. The summed E-state index contributed by atoms with van der Waals surface area (Å²) >= 11 is 1.73. The van der Waals surface area contributed by atoms with E-state index in [2.05, 4.69) is 42.3 Å². The zero-order chi connectivity index (χ0) is 15.1. The maximum Gasteiger partial charge on any atom is 0.122 e. The van der Waals surface area contributed by atoms with Crippen molar-refractivity contribution >= 4 is 11.8 Å². The van der Waals surface area contributed by atoms with E-state index < -0.39 is 0 Å². The molecule has 0 fully saturated rings. The first-order valence-electron chi connectivity index (χ1n) is 7.18. The van der Waals surface area contributed by atoms with Crippen LogP contribution in [0.3, 0.4) is 0 Å². The van der Waals surface area contributed by atoms with Gasteiger partial charge in [0.2, 0.25) is 0 Å². The molecule has 1 atom stereocenters. The van der Waals surface area contributed by atoms with E-state index >= 15 is 0 Å². The summed E-state index contributed by atoms with van der Waals surface area (Å²) < 4.78 is 5.47. The van der Waals surface area contributed by atoms with Gasteiger partial charge >= 0.3 is 0 Å². The Morgan fingerprint density at radius 3 is 2.81 bits per heavy atom. The minimum absolute atomic E-state index is 0.347. The van der Waals surface area contributed by atoms with Crippen molar-refractivity contribution in [1.82, 2.24) is 10.3 Å². The van der Waals surface area contributed by atoms with Crippen LogP contribution in [0.5, 0.6) is 5.75 Å². The third-order valence-electron chi connectivity index (χ3n) is 3.33. The van der Waals surface area contributed by atoms with Crippen molar-refractivity contribution < 1.29 is 4.74 Å². The van der Waals surface area contributed by atoms with E-state index in [1.807, 2.05) is 24.4 Å². The summed E-state index contributed by atoms with van der Waals surface area (Å²) in [6.07, 6.45) is 1.82. The van der Waals surface area contributed by atoms with E-state index in [-0.39, 0.29) is 0 Å². The highest BCUT2D eigenvalue weighted by molar-refractivity contribution is 7.98. The minimum Gasteiger partial charge on any atom is -0.496 e. The fourth-order valence-corrected chi connectivity index (χ4v) is 3.03. The SMILES string of the molecule is CCNC(C)c1ccc(OC)c(CSc2ccccn2)c1. The van der Waals surface area contributed by atoms with Crippen LogP contribution >= 0.6 is 11.8 Å². The molecule has 0 aliphatic carbocycles. The summed E-state index contributed by atoms with van der Waals surface area (Å²) in [6, 6.07) is 12.7. The van der Waals surface area contributed by atoms with Gasteiger partial charge in [-0.15, -0.1) is 11.8 Å².